The molecular weight excluding hydrogens is 356 g/mol. The van der Waals surface area contributed by atoms with E-state index < -0.39 is 10.0 Å². The van der Waals surface area contributed by atoms with Gasteiger partial charge in [0, 0.05) is 23.6 Å². The van der Waals surface area contributed by atoms with E-state index >= 15 is 0 Å². The Morgan fingerprint density at radius 2 is 2.19 bits per heavy atom. The number of hydrogen-bond donors (Lipinski definition) is 1. The highest BCUT2D eigenvalue weighted by atomic mass is 79.9. The molecule has 21 heavy (non-hydrogen) atoms. The number of hydrogen-bond acceptors (Lipinski definition) is 4. The molecule has 2 N–H and O–H groups in total. The lowest BCUT2D eigenvalue weighted by Gasteiger charge is -2.38. The van der Waals surface area contributed by atoms with Gasteiger partial charge in [0.15, 0.2) is 0 Å². The van der Waals surface area contributed by atoms with Crippen LogP contribution in [0.25, 0.3) is 0 Å². The first-order valence-corrected chi connectivity index (χ1v) is 9.20. The molecule has 1 aliphatic heterocycles. The normalized spacial score (nSPS) is 24.0. The predicted octanol–water partition coefficient (Wildman–Crippen LogP) is 2.21. The third-order valence-corrected chi connectivity index (χ3v) is 6.46. The maximum atomic E-state index is 13.0. The maximum Gasteiger partial charge on any atom is 0.247 e. The Morgan fingerprint density at radius 3 is 2.81 bits per heavy atom. The summed E-state index contributed by atoms with van der Waals surface area (Å²) in [5, 5.41) is 0. The Hall–Kier alpha value is -0.630. The fraction of sp³-hybridized carbons (Fsp3) is 0.571. The third-order valence-electron chi connectivity index (χ3n) is 4.02. The molecule has 118 valence electrons. The number of ether oxygens (including phenoxy) is 1. The van der Waals surface area contributed by atoms with Crippen molar-refractivity contribution in [2.24, 2.45) is 11.7 Å². The molecule has 0 bridgehead atoms. The molecule has 1 aliphatic rings. The Labute approximate surface area is 134 Å². The Kier molecular flexibility index (Phi) is 5.29. The summed E-state index contributed by atoms with van der Waals surface area (Å²) in [6.07, 6.45) is 1.86. The van der Waals surface area contributed by atoms with Crippen LogP contribution in [0.1, 0.15) is 19.8 Å². The van der Waals surface area contributed by atoms with E-state index in [1.165, 1.54) is 11.4 Å². The zero-order valence-corrected chi connectivity index (χ0v) is 14.7. The molecule has 1 fully saturated rings. The van der Waals surface area contributed by atoms with Crippen LogP contribution in [0.2, 0.25) is 0 Å². The quantitative estimate of drug-likeness (QED) is 0.873. The van der Waals surface area contributed by atoms with E-state index in [1.54, 1.807) is 18.2 Å². The Morgan fingerprint density at radius 1 is 1.48 bits per heavy atom. The first kappa shape index (κ1) is 16.7. The molecule has 2 atom stereocenters. The number of rotatable bonds is 4. The van der Waals surface area contributed by atoms with Crippen LogP contribution in [-0.2, 0) is 10.0 Å². The predicted molar refractivity (Wildman–Crippen MR) is 85.8 cm³/mol. The SMILES string of the molecule is COc1ccc(Br)cc1S(=O)(=O)N1CCCC(C)C1CN. The standard InChI is InChI=1S/C14H21BrN2O3S/c1-10-4-3-7-17(12(10)9-16)21(18,19)14-8-11(15)5-6-13(14)20-2/h5-6,8,10,12H,3-4,7,9,16H2,1-2H3. The molecule has 0 spiro atoms. The minimum absolute atomic E-state index is 0.160. The number of halogens is 1. The van der Waals surface area contributed by atoms with Gasteiger partial charge in [0.2, 0.25) is 10.0 Å². The molecule has 0 saturated carbocycles. The van der Waals surface area contributed by atoms with Gasteiger partial charge in [-0.3, -0.25) is 0 Å². The second-order valence-corrected chi connectivity index (χ2v) is 8.11. The smallest absolute Gasteiger partial charge is 0.247 e. The number of nitrogens with two attached hydrogens (primary N) is 1. The molecule has 5 nitrogen and oxygen atoms in total. The molecule has 0 radical (unpaired) electrons. The van der Waals surface area contributed by atoms with Crippen LogP contribution in [0, 0.1) is 5.92 Å². The zero-order chi connectivity index (χ0) is 15.6. The summed E-state index contributed by atoms with van der Waals surface area (Å²) in [6.45, 7) is 2.89. The molecular formula is C14H21BrN2O3S. The number of nitrogens with zero attached hydrogens (tertiary/aromatic N) is 1. The highest BCUT2D eigenvalue weighted by Gasteiger charge is 2.37. The van der Waals surface area contributed by atoms with E-state index in [2.05, 4.69) is 22.9 Å². The number of sulfonamides is 1. The molecule has 7 heteroatoms. The second kappa shape index (κ2) is 6.64. The van der Waals surface area contributed by atoms with Crippen LogP contribution >= 0.6 is 15.9 Å². The molecule has 1 aromatic carbocycles. The van der Waals surface area contributed by atoms with Gasteiger partial charge in [-0.05, 0) is 37.0 Å². The largest absolute Gasteiger partial charge is 0.495 e. The first-order valence-electron chi connectivity index (χ1n) is 6.97. The van der Waals surface area contributed by atoms with Crippen LogP contribution < -0.4 is 10.5 Å². The lowest BCUT2D eigenvalue weighted by atomic mass is 9.93. The van der Waals surface area contributed by atoms with E-state index in [9.17, 15) is 8.42 Å². The van der Waals surface area contributed by atoms with Crippen molar-refractivity contribution in [2.45, 2.75) is 30.7 Å². The molecule has 0 aliphatic carbocycles. The molecule has 1 heterocycles. The van der Waals surface area contributed by atoms with Gasteiger partial charge >= 0.3 is 0 Å². The summed E-state index contributed by atoms with van der Waals surface area (Å²) in [7, 11) is -2.15. The van der Waals surface area contributed by atoms with Crippen molar-refractivity contribution >= 4 is 26.0 Å². The van der Waals surface area contributed by atoms with Crippen molar-refractivity contribution < 1.29 is 13.2 Å². The molecule has 0 amide bonds. The molecule has 0 aromatic heterocycles. The fourth-order valence-electron chi connectivity index (χ4n) is 2.84. The van der Waals surface area contributed by atoms with Gasteiger partial charge in [-0.15, -0.1) is 0 Å². The van der Waals surface area contributed by atoms with Crippen LogP contribution in [0.5, 0.6) is 5.75 Å². The summed E-state index contributed by atoms with van der Waals surface area (Å²) in [6, 6.07) is 4.84. The average molecular weight is 377 g/mol. The lowest BCUT2D eigenvalue weighted by molar-refractivity contribution is 0.192. The van der Waals surface area contributed by atoms with E-state index in [0.717, 1.165) is 12.8 Å². The van der Waals surface area contributed by atoms with Gasteiger partial charge in [-0.25, -0.2) is 8.42 Å². The summed E-state index contributed by atoms with van der Waals surface area (Å²) in [5.74, 6) is 0.615. The number of methoxy groups -OCH3 is 1. The van der Waals surface area contributed by atoms with Crippen LogP contribution in [0.15, 0.2) is 27.6 Å². The second-order valence-electron chi connectivity index (χ2n) is 5.33. The van der Waals surface area contributed by atoms with Crippen molar-refractivity contribution in [3.8, 4) is 5.75 Å². The van der Waals surface area contributed by atoms with Gasteiger partial charge in [-0.1, -0.05) is 22.9 Å². The average Bonchev–Trinajstić information content (AvgIpc) is 2.46. The summed E-state index contributed by atoms with van der Waals surface area (Å²) in [4.78, 5) is 0.187. The van der Waals surface area contributed by atoms with Crippen molar-refractivity contribution in [3.05, 3.63) is 22.7 Å². The van der Waals surface area contributed by atoms with Crippen molar-refractivity contribution in [3.63, 3.8) is 0 Å². The van der Waals surface area contributed by atoms with Crippen molar-refractivity contribution in [1.82, 2.24) is 4.31 Å². The Balaban J connectivity index is 2.48. The van der Waals surface area contributed by atoms with Gasteiger partial charge in [-0.2, -0.15) is 4.31 Å². The molecule has 2 rings (SSSR count). The van der Waals surface area contributed by atoms with Gasteiger partial charge < -0.3 is 10.5 Å². The monoisotopic (exact) mass is 376 g/mol. The summed E-state index contributed by atoms with van der Waals surface area (Å²) in [5.41, 5.74) is 5.81. The minimum atomic E-state index is -3.62. The van der Waals surface area contributed by atoms with Gasteiger partial charge in [0.25, 0.3) is 0 Å². The minimum Gasteiger partial charge on any atom is -0.495 e. The highest BCUT2D eigenvalue weighted by Crippen LogP contribution is 2.34. The van der Waals surface area contributed by atoms with Crippen molar-refractivity contribution in [2.75, 3.05) is 20.2 Å². The van der Waals surface area contributed by atoms with E-state index in [-0.39, 0.29) is 16.9 Å². The van der Waals surface area contributed by atoms with Crippen LogP contribution in [0.3, 0.4) is 0 Å². The summed E-state index contributed by atoms with van der Waals surface area (Å²) >= 11 is 3.32. The Bertz CT molecular complexity index is 606. The summed E-state index contributed by atoms with van der Waals surface area (Å²) < 4.78 is 33.5. The van der Waals surface area contributed by atoms with E-state index in [0.29, 0.717) is 23.3 Å². The molecule has 1 aromatic rings. The lowest BCUT2D eigenvalue weighted by Crippen LogP contribution is -2.51. The van der Waals surface area contributed by atoms with Gasteiger partial charge in [0.05, 0.1) is 7.11 Å². The van der Waals surface area contributed by atoms with Gasteiger partial charge in [0.1, 0.15) is 10.6 Å². The fourth-order valence-corrected chi connectivity index (χ4v) is 5.30. The third kappa shape index (κ3) is 3.26. The number of piperidine rings is 1. The maximum absolute atomic E-state index is 13.0. The number of benzene rings is 1. The van der Waals surface area contributed by atoms with E-state index in [4.69, 9.17) is 10.5 Å². The zero-order valence-electron chi connectivity index (χ0n) is 12.3. The topological polar surface area (TPSA) is 72.6 Å². The van der Waals surface area contributed by atoms with Crippen molar-refractivity contribution in [1.29, 1.82) is 0 Å². The van der Waals surface area contributed by atoms with Crippen LogP contribution in [-0.4, -0.2) is 39.0 Å². The molecule has 2 unspecified atom stereocenters. The van der Waals surface area contributed by atoms with Crippen LogP contribution in [0.4, 0.5) is 0 Å². The highest BCUT2D eigenvalue weighted by molar-refractivity contribution is 9.10. The first-order chi connectivity index (χ1) is 9.91. The molecule has 1 saturated heterocycles. The van der Waals surface area contributed by atoms with E-state index in [1.807, 2.05) is 0 Å².